The van der Waals surface area contributed by atoms with Crippen LogP contribution in [0.25, 0.3) is 0 Å². The summed E-state index contributed by atoms with van der Waals surface area (Å²) < 4.78 is 3.88. The van der Waals surface area contributed by atoms with E-state index in [0.29, 0.717) is 6.42 Å². The topological polar surface area (TPSA) is 43.4 Å². The van der Waals surface area contributed by atoms with Crippen LogP contribution < -0.4 is 0 Å². The Balaban J connectivity index is 2.96. The quantitative estimate of drug-likeness (QED) is 0.620. The molecular formula is C14H17BrO3. The predicted octanol–water partition coefficient (Wildman–Crippen LogP) is 3.08. The molecule has 3 nitrogen and oxygen atoms in total. The Labute approximate surface area is 116 Å². The van der Waals surface area contributed by atoms with E-state index >= 15 is 0 Å². The minimum absolute atomic E-state index is 0.0378. The molecule has 4 heteroatoms. The molecule has 2 atom stereocenters. The molecule has 0 aliphatic carbocycles. The number of methoxy groups -OCH3 is 1. The SMILES string of the molecule is COC(=O)C(C)(Br)CC(C(C)=O)c1ccccc1. The van der Waals surface area contributed by atoms with E-state index in [9.17, 15) is 9.59 Å². The van der Waals surface area contributed by atoms with Gasteiger partial charge in [0.1, 0.15) is 10.1 Å². The Morgan fingerprint density at radius 3 is 2.33 bits per heavy atom. The highest BCUT2D eigenvalue weighted by atomic mass is 79.9. The number of hydrogen-bond donors (Lipinski definition) is 0. The number of carbonyl (C=O) groups excluding carboxylic acids is 2. The normalized spacial score (nSPS) is 15.6. The summed E-state index contributed by atoms with van der Waals surface area (Å²) >= 11 is 3.35. The number of benzene rings is 1. The molecule has 0 saturated carbocycles. The average Bonchev–Trinajstić information content (AvgIpc) is 2.35. The summed E-state index contributed by atoms with van der Waals surface area (Å²) in [6, 6.07) is 9.46. The third kappa shape index (κ3) is 3.67. The van der Waals surface area contributed by atoms with Crippen molar-refractivity contribution >= 4 is 27.7 Å². The maximum Gasteiger partial charge on any atom is 0.322 e. The molecule has 2 unspecified atom stereocenters. The lowest BCUT2D eigenvalue weighted by molar-refractivity contribution is -0.143. The average molecular weight is 313 g/mol. The zero-order chi connectivity index (χ0) is 13.8. The Hall–Kier alpha value is -1.16. The largest absolute Gasteiger partial charge is 0.468 e. The van der Waals surface area contributed by atoms with Crippen LogP contribution >= 0.6 is 15.9 Å². The summed E-state index contributed by atoms with van der Waals surface area (Å²) in [6.07, 6.45) is 0.374. The van der Waals surface area contributed by atoms with Gasteiger partial charge >= 0.3 is 5.97 Å². The molecule has 0 radical (unpaired) electrons. The number of esters is 1. The summed E-state index contributed by atoms with van der Waals surface area (Å²) in [4.78, 5) is 23.4. The highest BCUT2D eigenvalue weighted by molar-refractivity contribution is 9.10. The number of rotatable bonds is 5. The van der Waals surface area contributed by atoms with Gasteiger partial charge in [0.05, 0.1) is 7.11 Å². The predicted molar refractivity (Wildman–Crippen MR) is 73.8 cm³/mol. The number of carbonyl (C=O) groups is 2. The third-order valence-electron chi connectivity index (χ3n) is 2.89. The van der Waals surface area contributed by atoms with Crippen molar-refractivity contribution in [2.24, 2.45) is 0 Å². The highest BCUT2D eigenvalue weighted by Crippen LogP contribution is 2.33. The van der Waals surface area contributed by atoms with E-state index in [2.05, 4.69) is 15.9 Å². The van der Waals surface area contributed by atoms with Crippen LogP contribution in [-0.4, -0.2) is 23.2 Å². The van der Waals surface area contributed by atoms with Crippen molar-refractivity contribution < 1.29 is 14.3 Å². The molecule has 0 spiro atoms. The molecule has 0 aromatic heterocycles. The van der Waals surface area contributed by atoms with Crippen molar-refractivity contribution in [2.75, 3.05) is 7.11 Å². The molecule has 1 aromatic rings. The van der Waals surface area contributed by atoms with E-state index in [1.165, 1.54) is 14.0 Å². The molecule has 0 aliphatic rings. The van der Waals surface area contributed by atoms with Crippen molar-refractivity contribution in [1.29, 1.82) is 0 Å². The smallest absolute Gasteiger partial charge is 0.322 e. The van der Waals surface area contributed by atoms with Crippen LogP contribution in [0.2, 0.25) is 0 Å². The van der Waals surface area contributed by atoms with Gasteiger partial charge in [-0.15, -0.1) is 0 Å². The van der Waals surface area contributed by atoms with Gasteiger partial charge in [-0.25, -0.2) is 0 Å². The van der Waals surface area contributed by atoms with E-state index in [0.717, 1.165) is 5.56 Å². The van der Waals surface area contributed by atoms with Gasteiger partial charge in [0.2, 0.25) is 0 Å². The second-order valence-corrected chi connectivity index (χ2v) is 6.22. The van der Waals surface area contributed by atoms with E-state index < -0.39 is 4.32 Å². The molecule has 0 aliphatic heterocycles. The first-order valence-electron chi connectivity index (χ1n) is 5.71. The summed E-state index contributed by atoms with van der Waals surface area (Å²) in [5, 5.41) is 0. The monoisotopic (exact) mass is 312 g/mol. The van der Waals surface area contributed by atoms with Crippen LogP contribution in [0.4, 0.5) is 0 Å². The fourth-order valence-corrected chi connectivity index (χ4v) is 2.35. The van der Waals surface area contributed by atoms with Crippen molar-refractivity contribution in [3.05, 3.63) is 35.9 Å². The molecule has 0 heterocycles. The zero-order valence-electron chi connectivity index (χ0n) is 10.8. The van der Waals surface area contributed by atoms with Crippen molar-refractivity contribution in [3.8, 4) is 0 Å². The molecule has 0 amide bonds. The molecule has 1 aromatic carbocycles. The first-order chi connectivity index (χ1) is 8.38. The number of alkyl halides is 1. The van der Waals surface area contributed by atoms with Crippen LogP contribution in [0.15, 0.2) is 30.3 Å². The van der Waals surface area contributed by atoms with E-state index in [4.69, 9.17) is 4.74 Å². The van der Waals surface area contributed by atoms with Gasteiger partial charge in [0.15, 0.2) is 0 Å². The Morgan fingerprint density at radius 2 is 1.89 bits per heavy atom. The summed E-state index contributed by atoms with van der Waals surface area (Å²) in [7, 11) is 1.34. The molecule has 18 heavy (non-hydrogen) atoms. The van der Waals surface area contributed by atoms with Crippen molar-refractivity contribution in [2.45, 2.75) is 30.5 Å². The first-order valence-corrected chi connectivity index (χ1v) is 6.50. The maximum atomic E-state index is 11.8. The lowest BCUT2D eigenvalue weighted by Crippen LogP contribution is -2.33. The van der Waals surface area contributed by atoms with Gasteiger partial charge in [0.25, 0.3) is 0 Å². The second kappa shape index (κ2) is 6.14. The number of ketones is 1. The molecular weight excluding hydrogens is 296 g/mol. The fraction of sp³-hybridized carbons (Fsp3) is 0.429. The van der Waals surface area contributed by atoms with Gasteiger partial charge in [-0.05, 0) is 25.8 Å². The van der Waals surface area contributed by atoms with Crippen molar-refractivity contribution in [1.82, 2.24) is 0 Å². The Morgan fingerprint density at radius 1 is 1.33 bits per heavy atom. The minimum atomic E-state index is -0.853. The van der Waals surface area contributed by atoms with Crippen molar-refractivity contribution in [3.63, 3.8) is 0 Å². The van der Waals surface area contributed by atoms with Gasteiger partial charge in [-0.3, -0.25) is 9.59 Å². The molecule has 1 rings (SSSR count). The van der Waals surface area contributed by atoms with Gasteiger partial charge in [-0.1, -0.05) is 46.3 Å². The Kier molecular flexibility index (Phi) is 5.08. The van der Waals surface area contributed by atoms with Gasteiger partial charge in [0, 0.05) is 5.92 Å². The van der Waals surface area contributed by atoms with Gasteiger partial charge < -0.3 is 4.74 Å². The highest BCUT2D eigenvalue weighted by Gasteiger charge is 2.36. The fourth-order valence-electron chi connectivity index (χ4n) is 1.86. The van der Waals surface area contributed by atoms with Crippen LogP contribution in [-0.2, 0) is 14.3 Å². The molecule has 98 valence electrons. The molecule has 0 bridgehead atoms. The first kappa shape index (κ1) is 14.9. The minimum Gasteiger partial charge on any atom is -0.468 e. The van der Waals surface area contributed by atoms with E-state index in [-0.39, 0.29) is 17.7 Å². The van der Waals surface area contributed by atoms with Gasteiger partial charge in [-0.2, -0.15) is 0 Å². The second-order valence-electron chi connectivity index (χ2n) is 4.47. The van der Waals surface area contributed by atoms with E-state index in [1.54, 1.807) is 6.92 Å². The standard InChI is InChI=1S/C14H17BrO3/c1-10(16)12(11-7-5-4-6-8-11)9-14(2,15)13(17)18-3/h4-8,12H,9H2,1-3H3. The molecule has 0 fully saturated rings. The number of ether oxygens (including phenoxy) is 1. The number of Topliss-reactive ketones (excluding diaryl/α,β-unsaturated/α-hetero) is 1. The van der Waals surface area contributed by atoms with Crippen LogP contribution in [0.5, 0.6) is 0 Å². The number of hydrogen-bond acceptors (Lipinski definition) is 3. The summed E-state index contributed by atoms with van der Waals surface area (Å²) in [5.41, 5.74) is 0.916. The lowest BCUT2D eigenvalue weighted by Gasteiger charge is -2.24. The van der Waals surface area contributed by atoms with E-state index in [1.807, 2.05) is 30.3 Å². The zero-order valence-corrected chi connectivity index (χ0v) is 12.4. The van der Waals surface area contributed by atoms with Crippen LogP contribution in [0, 0.1) is 0 Å². The maximum absolute atomic E-state index is 11.8. The third-order valence-corrected chi connectivity index (χ3v) is 3.54. The molecule has 0 saturated heterocycles. The van der Waals surface area contributed by atoms with Crippen LogP contribution in [0.3, 0.4) is 0 Å². The number of halogens is 1. The summed E-state index contributed by atoms with van der Waals surface area (Å²) in [5.74, 6) is -0.643. The summed E-state index contributed by atoms with van der Waals surface area (Å²) in [6.45, 7) is 3.26. The Bertz CT molecular complexity index is 426. The lowest BCUT2D eigenvalue weighted by atomic mass is 9.87. The van der Waals surface area contributed by atoms with Crippen LogP contribution in [0.1, 0.15) is 31.7 Å². The molecule has 0 N–H and O–H groups in total.